The van der Waals surface area contributed by atoms with E-state index in [0.29, 0.717) is 19.0 Å². The van der Waals surface area contributed by atoms with E-state index in [-0.39, 0.29) is 35.5 Å². The first-order valence-corrected chi connectivity index (χ1v) is 15.7. The number of aromatic nitrogens is 2. The van der Waals surface area contributed by atoms with Gasteiger partial charge in [0.05, 0.1) is 35.6 Å². The molecule has 222 valence electrons. The second kappa shape index (κ2) is 12.7. The Bertz CT molecular complexity index is 1630. The summed E-state index contributed by atoms with van der Waals surface area (Å²) < 4.78 is 13.4. The number of para-hydroxylation sites is 1. The molecule has 6 rings (SSSR count). The number of rotatable bonds is 8. The number of amides is 2. The molecule has 2 atom stereocenters. The van der Waals surface area contributed by atoms with Crippen molar-refractivity contribution in [3.8, 4) is 22.7 Å². The Morgan fingerprint density at radius 2 is 1.88 bits per heavy atom. The lowest BCUT2D eigenvalue weighted by Gasteiger charge is -2.24. The number of methoxy groups -OCH3 is 1. The number of benzene rings is 3. The van der Waals surface area contributed by atoms with Crippen LogP contribution in [0.15, 0.2) is 72.8 Å². The summed E-state index contributed by atoms with van der Waals surface area (Å²) in [7, 11) is 1.66. The second-order valence-electron chi connectivity index (χ2n) is 11.0. The predicted octanol–water partition coefficient (Wildman–Crippen LogP) is 5.63. The number of fused-ring (bicyclic) bond motifs is 1. The van der Waals surface area contributed by atoms with E-state index in [9.17, 15) is 9.59 Å². The zero-order valence-electron chi connectivity index (χ0n) is 24.7. The monoisotopic (exact) mass is 596 g/mol. The van der Waals surface area contributed by atoms with Crippen LogP contribution in [0.5, 0.6) is 5.75 Å². The molecule has 1 aromatic heterocycles. The molecule has 2 amide bonds. The van der Waals surface area contributed by atoms with Crippen molar-refractivity contribution in [3.05, 3.63) is 95.1 Å². The lowest BCUT2D eigenvalue weighted by Crippen LogP contribution is -2.44. The van der Waals surface area contributed by atoms with E-state index >= 15 is 0 Å². The zero-order valence-corrected chi connectivity index (χ0v) is 25.5. The number of aryl methyl sites for hydroxylation is 2. The van der Waals surface area contributed by atoms with E-state index in [2.05, 4.69) is 18.3 Å². The summed E-state index contributed by atoms with van der Waals surface area (Å²) in [6.45, 7) is 5.12. The zero-order chi connectivity index (χ0) is 29.9. The number of nitrogens with zero attached hydrogens (tertiary/aromatic N) is 3. The van der Waals surface area contributed by atoms with Gasteiger partial charge in [-0.2, -0.15) is 5.10 Å². The van der Waals surface area contributed by atoms with Gasteiger partial charge in [-0.3, -0.25) is 14.5 Å². The number of carbonyl (C=O) groups excluding carboxylic acids is 2. The highest BCUT2D eigenvalue weighted by molar-refractivity contribution is 8.00. The van der Waals surface area contributed by atoms with Crippen LogP contribution in [0.1, 0.15) is 40.3 Å². The normalized spacial score (nSPS) is 18.3. The molecule has 3 heterocycles. The summed E-state index contributed by atoms with van der Waals surface area (Å²) >= 11 is 1.53. The molecule has 2 aliphatic rings. The van der Waals surface area contributed by atoms with Crippen molar-refractivity contribution in [1.29, 1.82) is 0 Å². The smallest absolute Gasteiger partial charge is 0.240 e. The summed E-state index contributed by atoms with van der Waals surface area (Å²) in [5, 5.41) is 7.95. The van der Waals surface area contributed by atoms with Crippen LogP contribution in [0.3, 0.4) is 0 Å². The number of hydrogen-bond donors (Lipinski definition) is 1. The molecule has 4 aromatic rings. The molecule has 0 aliphatic carbocycles. The van der Waals surface area contributed by atoms with Gasteiger partial charge in [0.15, 0.2) is 0 Å². The van der Waals surface area contributed by atoms with Gasteiger partial charge < -0.3 is 14.8 Å². The number of carbonyl (C=O) groups is 2. The van der Waals surface area contributed by atoms with E-state index in [4.69, 9.17) is 14.6 Å². The van der Waals surface area contributed by atoms with Gasteiger partial charge in [0.2, 0.25) is 11.8 Å². The number of thioether (sulfide) groups is 1. The molecule has 9 heteroatoms. The van der Waals surface area contributed by atoms with Crippen LogP contribution in [0.2, 0.25) is 0 Å². The van der Waals surface area contributed by atoms with Gasteiger partial charge in [-0.25, -0.2) is 4.68 Å². The highest BCUT2D eigenvalue weighted by Gasteiger charge is 2.38. The third-order valence-corrected chi connectivity index (χ3v) is 9.23. The topological polar surface area (TPSA) is 85.7 Å². The van der Waals surface area contributed by atoms with Crippen molar-refractivity contribution in [1.82, 2.24) is 15.1 Å². The lowest BCUT2D eigenvalue weighted by atomic mass is 9.99. The number of ether oxygens (including phenoxy) is 2. The first-order chi connectivity index (χ1) is 20.9. The molecule has 8 nitrogen and oxygen atoms in total. The van der Waals surface area contributed by atoms with Crippen LogP contribution in [-0.4, -0.2) is 60.3 Å². The maximum absolute atomic E-state index is 14.0. The first-order valence-electron chi connectivity index (χ1n) is 14.6. The Morgan fingerprint density at radius 3 is 2.63 bits per heavy atom. The summed E-state index contributed by atoms with van der Waals surface area (Å²) in [4.78, 5) is 29.0. The third-order valence-electron chi connectivity index (χ3n) is 7.99. The van der Waals surface area contributed by atoms with Crippen LogP contribution in [0.25, 0.3) is 16.9 Å². The van der Waals surface area contributed by atoms with Crippen LogP contribution in [0.4, 0.5) is 5.82 Å². The van der Waals surface area contributed by atoms with Crippen LogP contribution in [0, 0.1) is 13.8 Å². The van der Waals surface area contributed by atoms with Gasteiger partial charge in [0.1, 0.15) is 18.1 Å². The van der Waals surface area contributed by atoms with Crippen molar-refractivity contribution < 1.29 is 19.1 Å². The molecule has 1 saturated heterocycles. The summed E-state index contributed by atoms with van der Waals surface area (Å²) in [5.74, 6) is 1.15. The average Bonchev–Trinajstić information content (AvgIpc) is 3.65. The minimum absolute atomic E-state index is 0.00949. The predicted molar refractivity (Wildman–Crippen MR) is 170 cm³/mol. The molecule has 0 unspecified atom stereocenters. The Kier molecular flexibility index (Phi) is 8.54. The quantitative estimate of drug-likeness (QED) is 0.284. The molecule has 2 aliphatic heterocycles. The van der Waals surface area contributed by atoms with Crippen molar-refractivity contribution in [2.24, 2.45) is 0 Å². The van der Waals surface area contributed by atoms with E-state index in [0.717, 1.165) is 57.8 Å². The number of nitrogens with one attached hydrogen (secondary N) is 1. The van der Waals surface area contributed by atoms with Crippen molar-refractivity contribution >= 4 is 29.4 Å². The van der Waals surface area contributed by atoms with Crippen LogP contribution < -0.4 is 15.0 Å². The van der Waals surface area contributed by atoms with E-state index in [1.54, 1.807) is 12.0 Å². The third kappa shape index (κ3) is 5.92. The highest BCUT2D eigenvalue weighted by atomic mass is 32.2. The van der Waals surface area contributed by atoms with Crippen molar-refractivity contribution in [2.45, 2.75) is 38.0 Å². The standard InChI is InChI=1S/C34H36N4O4S/c1-22-15-16-27(23(2)18-22)38-34-31(32(36-38)24-10-5-4-6-11-24)33(26-13-7-8-14-28(26)41-3)43-21-30(40)37(34)20-29(39)35-19-25-12-9-17-42-25/h4-8,10-11,13-16,18,25,33H,9,12,17,19-21H2,1-3H3,(H,35,39)/t25-,33+/m1/s1. The summed E-state index contributed by atoms with van der Waals surface area (Å²) in [5.41, 5.74) is 6.52. The highest BCUT2D eigenvalue weighted by Crippen LogP contribution is 2.50. The Balaban J connectivity index is 1.55. The SMILES string of the molecule is COc1ccccc1[C@@H]1SCC(=O)N(CC(=O)NC[C@H]2CCCO2)c2c1c(-c1ccccc1)nn2-c1ccc(C)cc1C. The van der Waals surface area contributed by atoms with E-state index in [1.807, 2.05) is 78.3 Å². The maximum Gasteiger partial charge on any atom is 0.240 e. The molecule has 1 N–H and O–H groups in total. The summed E-state index contributed by atoms with van der Waals surface area (Å²) in [6.07, 6.45) is 1.92. The van der Waals surface area contributed by atoms with E-state index in [1.165, 1.54) is 11.8 Å². The fourth-order valence-electron chi connectivity index (χ4n) is 5.90. The number of hydrogen-bond acceptors (Lipinski definition) is 6. The fraction of sp³-hybridized carbons (Fsp3) is 0.324. The first kappa shape index (κ1) is 29.0. The second-order valence-corrected chi connectivity index (χ2v) is 12.1. The van der Waals surface area contributed by atoms with Gasteiger partial charge in [-0.05, 0) is 44.4 Å². The van der Waals surface area contributed by atoms with Crippen LogP contribution >= 0.6 is 11.8 Å². The Hall–Kier alpha value is -4.08. The molecule has 0 saturated carbocycles. The Labute approximate surface area is 256 Å². The maximum atomic E-state index is 14.0. The molecular weight excluding hydrogens is 560 g/mol. The molecule has 0 radical (unpaired) electrons. The van der Waals surface area contributed by atoms with Crippen molar-refractivity contribution in [2.75, 3.05) is 37.5 Å². The fourth-order valence-corrected chi connectivity index (χ4v) is 7.12. The minimum atomic E-state index is -0.273. The van der Waals surface area contributed by atoms with Gasteiger partial charge in [0, 0.05) is 29.8 Å². The molecule has 43 heavy (non-hydrogen) atoms. The Morgan fingerprint density at radius 1 is 1.09 bits per heavy atom. The molecule has 1 fully saturated rings. The number of anilines is 1. The molecule has 0 bridgehead atoms. The van der Waals surface area contributed by atoms with Gasteiger partial charge in [-0.15, -0.1) is 11.8 Å². The summed E-state index contributed by atoms with van der Waals surface area (Å²) in [6, 6.07) is 24.1. The van der Waals surface area contributed by atoms with Gasteiger partial charge >= 0.3 is 0 Å². The lowest BCUT2D eigenvalue weighted by molar-refractivity contribution is -0.123. The van der Waals surface area contributed by atoms with Crippen molar-refractivity contribution in [3.63, 3.8) is 0 Å². The van der Waals surface area contributed by atoms with Gasteiger partial charge in [-0.1, -0.05) is 66.2 Å². The van der Waals surface area contributed by atoms with E-state index < -0.39 is 0 Å². The largest absolute Gasteiger partial charge is 0.496 e. The minimum Gasteiger partial charge on any atom is -0.496 e. The average molecular weight is 597 g/mol. The molecular formula is C34H36N4O4S. The van der Waals surface area contributed by atoms with Gasteiger partial charge in [0.25, 0.3) is 0 Å². The molecule has 0 spiro atoms. The van der Waals surface area contributed by atoms with Crippen LogP contribution in [-0.2, 0) is 14.3 Å². The molecule has 3 aromatic carbocycles.